The van der Waals surface area contributed by atoms with E-state index in [9.17, 15) is 4.79 Å². The van der Waals surface area contributed by atoms with Gasteiger partial charge in [-0.2, -0.15) is 0 Å². The van der Waals surface area contributed by atoms with Crippen LogP contribution in [-0.2, 0) is 10.3 Å². The molecule has 1 fully saturated rings. The van der Waals surface area contributed by atoms with Crippen LogP contribution in [0, 0.1) is 6.92 Å². The van der Waals surface area contributed by atoms with Crippen LogP contribution in [0.5, 0.6) is 17.2 Å². The molecule has 1 saturated heterocycles. The van der Waals surface area contributed by atoms with Crippen LogP contribution in [0.15, 0.2) is 133 Å². The summed E-state index contributed by atoms with van der Waals surface area (Å²) in [5, 5.41) is 1.84. The minimum absolute atomic E-state index is 0.283. The Morgan fingerprint density at radius 1 is 0.690 bits per heavy atom. The van der Waals surface area contributed by atoms with E-state index in [-0.39, 0.29) is 12.6 Å². The van der Waals surface area contributed by atoms with Crippen molar-refractivity contribution in [1.82, 2.24) is 0 Å². The number of carbonyl (C=O) groups excluding carboxylic acids is 1. The van der Waals surface area contributed by atoms with Crippen molar-refractivity contribution in [3.8, 4) is 28.4 Å². The van der Waals surface area contributed by atoms with E-state index in [0.717, 1.165) is 95.5 Å². The molecule has 0 N–H and O–H groups in total. The molecule has 0 amide bonds. The van der Waals surface area contributed by atoms with Crippen LogP contribution in [0.3, 0.4) is 0 Å². The molecule has 6 aromatic carbocycles. The van der Waals surface area contributed by atoms with Crippen LogP contribution >= 0.6 is 0 Å². The molecule has 58 heavy (non-hydrogen) atoms. The molecule has 6 heteroatoms. The number of anilines is 1. The van der Waals surface area contributed by atoms with Gasteiger partial charge in [-0.3, -0.25) is 0 Å². The third-order valence-electron chi connectivity index (χ3n) is 11.4. The van der Waals surface area contributed by atoms with Crippen LogP contribution in [0.4, 0.5) is 5.69 Å². The Morgan fingerprint density at radius 3 is 2.00 bits per heavy atom. The highest BCUT2D eigenvalue weighted by molar-refractivity contribution is 6.05. The van der Waals surface area contributed by atoms with Gasteiger partial charge in [0.1, 0.15) is 17.2 Å². The number of piperidine rings is 1. The number of hydrogen-bond acceptors (Lipinski definition) is 6. The van der Waals surface area contributed by atoms with E-state index in [1.807, 2.05) is 61.5 Å². The number of rotatable bonds is 15. The Morgan fingerprint density at radius 2 is 1.33 bits per heavy atom. The number of benzene rings is 6. The Kier molecular flexibility index (Phi) is 12.1. The molecule has 2 aliphatic rings. The second-order valence-corrected chi connectivity index (χ2v) is 15.4. The first-order chi connectivity index (χ1) is 28.5. The summed E-state index contributed by atoms with van der Waals surface area (Å²) in [6.45, 7) is 7.79. The van der Waals surface area contributed by atoms with Gasteiger partial charge in [-0.15, -0.1) is 0 Å². The van der Waals surface area contributed by atoms with Crippen molar-refractivity contribution in [2.45, 2.75) is 64.4 Å². The Labute approximate surface area is 343 Å². The maximum atomic E-state index is 13.5. The van der Waals surface area contributed by atoms with Gasteiger partial charge in [-0.05, 0) is 136 Å². The standard InChI is InChI=1S/C52H53NO5/c1-3-55-51(54)49-37-41-36-40(39-18-27-46(28-19-39)57-35-13-5-4-12-34-56-45-25-16-38(2)17-26-45)20-29-47(41)50-48(49)30-31-52(58-50,42-14-8-6-9-15-42)43-21-23-44(24-22-43)53-32-10-7-11-33-53/h6,8-9,14-31,36-37H,3-5,7,10-13,32-35H2,1-2H3. The molecule has 1 unspecified atom stereocenters. The third-order valence-corrected chi connectivity index (χ3v) is 11.4. The summed E-state index contributed by atoms with van der Waals surface area (Å²) in [6.07, 6.45) is 12.1. The van der Waals surface area contributed by atoms with Crippen LogP contribution < -0.4 is 19.1 Å². The van der Waals surface area contributed by atoms with E-state index < -0.39 is 5.60 Å². The molecule has 6 nitrogen and oxygen atoms in total. The maximum absolute atomic E-state index is 13.5. The first kappa shape index (κ1) is 38.8. The third kappa shape index (κ3) is 8.62. The molecule has 1 atom stereocenters. The number of hydrogen-bond donors (Lipinski definition) is 0. The summed E-state index contributed by atoms with van der Waals surface area (Å²) < 4.78 is 24.8. The summed E-state index contributed by atoms with van der Waals surface area (Å²) >= 11 is 0. The summed E-state index contributed by atoms with van der Waals surface area (Å²) in [5.41, 5.74) is 6.93. The van der Waals surface area contributed by atoms with Gasteiger partial charge in [0.15, 0.2) is 5.60 Å². The lowest BCUT2D eigenvalue weighted by molar-refractivity contribution is 0.0524. The van der Waals surface area contributed by atoms with Crippen molar-refractivity contribution < 1.29 is 23.7 Å². The normalized spacial score (nSPS) is 16.1. The first-order valence-corrected chi connectivity index (χ1v) is 21.0. The molecule has 0 saturated carbocycles. The SMILES string of the molecule is CCOC(=O)c1cc2cc(-c3ccc(OCCCCCCOc4ccc(C)cc4)cc3)ccc2c2c1C=CC(c1ccccc1)(c1ccc(N3CCCCC3)cc1)O2. The van der Waals surface area contributed by atoms with Crippen molar-refractivity contribution >= 4 is 28.5 Å². The van der Waals surface area contributed by atoms with Gasteiger partial charge in [-0.1, -0.05) is 84.4 Å². The van der Waals surface area contributed by atoms with Crippen molar-refractivity contribution in [2.75, 3.05) is 37.8 Å². The number of unbranched alkanes of at least 4 members (excludes halogenated alkanes) is 3. The minimum Gasteiger partial charge on any atom is -0.494 e. The van der Waals surface area contributed by atoms with Crippen molar-refractivity contribution in [3.05, 3.63) is 161 Å². The molecule has 296 valence electrons. The predicted octanol–water partition coefficient (Wildman–Crippen LogP) is 12.3. The highest BCUT2D eigenvalue weighted by atomic mass is 16.5. The molecule has 6 aromatic rings. The van der Waals surface area contributed by atoms with E-state index in [4.69, 9.17) is 18.9 Å². The molecule has 0 spiro atoms. The number of ether oxygens (including phenoxy) is 4. The summed E-state index contributed by atoms with van der Waals surface area (Å²) in [7, 11) is 0. The van der Waals surface area contributed by atoms with Gasteiger partial charge in [-0.25, -0.2) is 4.79 Å². The molecule has 8 rings (SSSR count). The quantitative estimate of drug-likeness (QED) is 0.0765. The lowest BCUT2D eigenvalue weighted by atomic mass is 9.82. The molecule has 0 radical (unpaired) electrons. The number of nitrogens with zero attached hydrogens (tertiary/aromatic N) is 1. The topological polar surface area (TPSA) is 57.2 Å². The van der Waals surface area contributed by atoms with Gasteiger partial charge in [0, 0.05) is 40.9 Å². The highest BCUT2D eigenvalue weighted by Crippen LogP contribution is 2.47. The monoisotopic (exact) mass is 771 g/mol. The maximum Gasteiger partial charge on any atom is 0.338 e. The van der Waals surface area contributed by atoms with E-state index in [0.29, 0.717) is 17.9 Å². The number of carbonyl (C=O) groups is 1. The average Bonchev–Trinajstić information content (AvgIpc) is 3.28. The Bertz CT molecular complexity index is 2330. The van der Waals surface area contributed by atoms with Gasteiger partial charge >= 0.3 is 5.97 Å². The smallest absolute Gasteiger partial charge is 0.338 e. The van der Waals surface area contributed by atoms with E-state index in [1.54, 1.807) is 0 Å². The summed E-state index contributed by atoms with van der Waals surface area (Å²) in [4.78, 5) is 16.0. The Hall–Kier alpha value is -6.01. The van der Waals surface area contributed by atoms with Crippen LogP contribution in [0.25, 0.3) is 28.0 Å². The second-order valence-electron chi connectivity index (χ2n) is 15.4. The van der Waals surface area contributed by atoms with E-state index >= 15 is 0 Å². The van der Waals surface area contributed by atoms with Crippen molar-refractivity contribution in [1.29, 1.82) is 0 Å². The second kappa shape index (κ2) is 18.1. The van der Waals surface area contributed by atoms with Crippen LogP contribution in [0.1, 0.15) is 84.5 Å². The first-order valence-electron chi connectivity index (χ1n) is 21.0. The fourth-order valence-corrected chi connectivity index (χ4v) is 8.17. The summed E-state index contributed by atoms with van der Waals surface area (Å²) in [6, 6.07) is 44.0. The van der Waals surface area contributed by atoms with Crippen LogP contribution in [-0.4, -0.2) is 38.9 Å². The molecule has 2 aliphatic heterocycles. The zero-order valence-corrected chi connectivity index (χ0v) is 33.8. The van der Waals surface area contributed by atoms with Gasteiger partial charge < -0.3 is 23.8 Å². The molecule has 0 bridgehead atoms. The highest BCUT2D eigenvalue weighted by Gasteiger charge is 2.39. The fourth-order valence-electron chi connectivity index (χ4n) is 8.17. The predicted molar refractivity (Wildman–Crippen MR) is 235 cm³/mol. The van der Waals surface area contributed by atoms with Crippen LogP contribution in [0.2, 0.25) is 0 Å². The van der Waals surface area contributed by atoms with Crippen molar-refractivity contribution in [3.63, 3.8) is 0 Å². The molecule has 0 aliphatic carbocycles. The average molecular weight is 772 g/mol. The fraction of sp³-hybridized carbons (Fsp3) is 0.288. The number of fused-ring (bicyclic) bond motifs is 3. The van der Waals surface area contributed by atoms with E-state index in [2.05, 4.69) is 96.8 Å². The summed E-state index contributed by atoms with van der Waals surface area (Å²) in [5.74, 6) is 2.09. The molecular weight excluding hydrogens is 719 g/mol. The van der Waals surface area contributed by atoms with Gasteiger partial charge in [0.25, 0.3) is 0 Å². The zero-order chi connectivity index (χ0) is 39.7. The molecular formula is C52H53NO5. The number of aryl methyl sites for hydroxylation is 1. The van der Waals surface area contributed by atoms with Gasteiger partial charge in [0.2, 0.25) is 0 Å². The molecule has 2 heterocycles. The van der Waals surface area contributed by atoms with E-state index in [1.165, 1.54) is 30.5 Å². The van der Waals surface area contributed by atoms with Crippen molar-refractivity contribution in [2.24, 2.45) is 0 Å². The Balaban J connectivity index is 1.00. The van der Waals surface area contributed by atoms with Gasteiger partial charge in [0.05, 0.1) is 25.4 Å². The molecule has 0 aromatic heterocycles. The number of esters is 1. The lowest BCUT2D eigenvalue weighted by Gasteiger charge is -2.37. The lowest BCUT2D eigenvalue weighted by Crippen LogP contribution is -2.35. The largest absolute Gasteiger partial charge is 0.494 e. The zero-order valence-electron chi connectivity index (χ0n) is 33.8. The minimum atomic E-state index is -0.903.